The van der Waals surface area contributed by atoms with Crippen molar-refractivity contribution in [2.24, 2.45) is 0 Å². The lowest BCUT2D eigenvalue weighted by Crippen LogP contribution is -2.43. The van der Waals surface area contributed by atoms with Gasteiger partial charge in [-0.05, 0) is 30.7 Å². The molecule has 146 valence electrons. The minimum Gasteiger partial charge on any atom is -0.493 e. The number of benzene rings is 1. The molecule has 1 aromatic carbocycles. The predicted molar refractivity (Wildman–Crippen MR) is 100 cm³/mol. The predicted octanol–water partition coefficient (Wildman–Crippen LogP) is 1.54. The van der Waals surface area contributed by atoms with Crippen molar-refractivity contribution in [3.63, 3.8) is 0 Å². The third kappa shape index (κ3) is 4.58. The number of nitrogens with zero attached hydrogens (tertiary/aromatic N) is 2. The van der Waals surface area contributed by atoms with Crippen molar-refractivity contribution in [2.75, 3.05) is 47.1 Å². The van der Waals surface area contributed by atoms with Crippen molar-refractivity contribution in [1.29, 1.82) is 0 Å². The first-order valence-electron chi connectivity index (χ1n) is 8.96. The average molecular weight is 374 g/mol. The summed E-state index contributed by atoms with van der Waals surface area (Å²) in [4.78, 5) is 14.7. The number of morpholine rings is 1. The number of hydrogen-bond acceptors (Lipinski definition) is 6. The van der Waals surface area contributed by atoms with E-state index in [-0.39, 0.29) is 11.9 Å². The zero-order chi connectivity index (χ0) is 19.2. The van der Waals surface area contributed by atoms with E-state index in [1.54, 1.807) is 20.3 Å². The van der Waals surface area contributed by atoms with E-state index in [4.69, 9.17) is 14.2 Å². The summed E-state index contributed by atoms with van der Waals surface area (Å²) in [7, 11) is 3.23. The molecule has 1 aromatic heterocycles. The maximum Gasteiger partial charge on any atom is 0.271 e. The van der Waals surface area contributed by atoms with Crippen LogP contribution in [0.2, 0.25) is 0 Å². The molecule has 1 fully saturated rings. The standard InChI is InChI=1S/C19H26N4O4/c1-13-10-15(22-21-13)19(24)20-12-16(23-6-8-27-9-7-23)14-4-5-17(25-2)18(11-14)26-3/h4-5,10-11,16H,6-9,12H2,1-3H3,(H,20,24)(H,21,22)/t16-/m1/s1. The van der Waals surface area contributed by atoms with Crippen LogP contribution in [-0.4, -0.2) is 68.1 Å². The number of carbonyl (C=O) groups is 1. The number of hydrogen-bond donors (Lipinski definition) is 2. The van der Waals surface area contributed by atoms with Crippen LogP contribution in [0.25, 0.3) is 0 Å². The van der Waals surface area contributed by atoms with Gasteiger partial charge in [0.1, 0.15) is 5.69 Å². The summed E-state index contributed by atoms with van der Waals surface area (Å²) in [6, 6.07) is 7.59. The van der Waals surface area contributed by atoms with Gasteiger partial charge in [0.2, 0.25) is 0 Å². The number of H-pyrrole nitrogens is 1. The van der Waals surface area contributed by atoms with E-state index in [1.165, 1.54) is 0 Å². The highest BCUT2D eigenvalue weighted by Gasteiger charge is 2.25. The normalized spacial score (nSPS) is 16.0. The summed E-state index contributed by atoms with van der Waals surface area (Å²) < 4.78 is 16.3. The summed E-state index contributed by atoms with van der Waals surface area (Å²) in [6.45, 7) is 5.28. The minimum absolute atomic E-state index is 0.00213. The zero-order valence-corrected chi connectivity index (χ0v) is 15.9. The van der Waals surface area contributed by atoms with Gasteiger partial charge in [0.25, 0.3) is 5.91 Å². The highest BCUT2D eigenvalue weighted by molar-refractivity contribution is 5.92. The molecule has 1 aliphatic rings. The molecule has 2 aromatic rings. The molecular weight excluding hydrogens is 348 g/mol. The first kappa shape index (κ1) is 19.2. The highest BCUT2D eigenvalue weighted by Crippen LogP contribution is 2.32. The van der Waals surface area contributed by atoms with Gasteiger partial charge in [-0.1, -0.05) is 6.07 Å². The van der Waals surface area contributed by atoms with Crippen LogP contribution in [0.15, 0.2) is 24.3 Å². The topological polar surface area (TPSA) is 88.7 Å². The smallest absolute Gasteiger partial charge is 0.271 e. The fraction of sp³-hybridized carbons (Fsp3) is 0.474. The first-order valence-corrected chi connectivity index (χ1v) is 8.96. The Morgan fingerprint density at radius 1 is 1.26 bits per heavy atom. The van der Waals surface area contributed by atoms with Crippen LogP contribution in [0, 0.1) is 6.92 Å². The lowest BCUT2D eigenvalue weighted by atomic mass is 10.0. The molecule has 1 amide bonds. The minimum atomic E-state index is -0.196. The van der Waals surface area contributed by atoms with Crippen molar-refractivity contribution in [3.05, 3.63) is 41.2 Å². The zero-order valence-electron chi connectivity index (χ0n) is 15.9. The van der Waals surface area contributed by atoms with Gasteiger partial charge in [-0.15, -0.1) is 0 Å². The average Bonchev–Trinajstić information content (AvgIpc) is 3.15. The van der Waals surface area contributed by atoms with E-state index in [1.807, 2.05) is 25.1 Å². The maximum absolute atomic E-state index is 12.4. The number of aryl methyl sites for hydroxylation is 1. The molecule has 0 radical (unpaired) electrons. The van der Waals surface area contributed by atoms with E-state index < -0.39 is 0 Å². The summed E-state index contributed by atoms with van der Waals surface area (Å²) in [5.41, 5.74) is 2.29. The van der Waals surface area contributed by atoms with Gasteiger partial charge in [0.15, 0.2) is 11.5 Å². The number of aromatic amines is 1. The Labute approximate surface area is 158 Å². The van der Waals surface area contributed by atoms with Crippen LogP contribution < -0.4 is 14.8 Å². The van der Waals surface area contributed by atoms with Gasteiger partial charge in [-0.2, -0.15) is 5.10 Å². The summed E-state index contributed by atoms with van der Waals surface area (Å²) in [5, 5.41) is 9.81. The molecule has 1 aliphatic heterocycles. The van der Waals surface area contributed by atoms with Crippen LogP contribution >= 0.6 is 0 Å². The molecule has 0 saturated carbocycles. The molecule has 2 N–H and O–H groups in total. The molecule has 1 saturated heterocycles. The second-order valence-electron chi connectivity index (χ2n) is 6.42. The van der Waals surface area contributed by atoms with Crippen LogP contribution in [0.1, 0.15) is 27.8 Å². The van der Waals surface area contributed by atoms with Crippen molar-refractivity contribution >= 4 is 5.91 Å². The molecule has 8 heteroatoms. The quantitative estimate of drug-likeness (QED) is 0.764. The molecular formula is C19H26N4O4. The number of amides is 1. The van der Waals surface area contributed by atoms with Gasteiger partial charge in [-0.3, -0.25) is 14.8 Å². The van der Waals surface area contributed by atoms with Crippen LogP contribution in [0.4, 0.5) is 0 Å². The van der Waals surface area contributed by atoms with E-state index >= 15 is 0 Å². The maximum atomic E-state index is 12.4. The fourth-order valence-corrected chi connectivity index (χ4v) is 3.22. The largest absolute Gasteiger partial charge is 0.493 e. The van der Waals surface area contributed by atoms with Crippen LogP contribution in [0.5, 0.6) is 11.5 Å². The molecule has 1 atom stereocenters. The SMILES string of the molecule is COc1ccc([C@@H](CNC(=O)c2cc(C)[nH]n2)N2CCOCC2)cc1OC. The lowest BCUT2D eigenvalue weighted by molar-refractivity contribution is 0.0161. The monoisotopic (exact) mass is 374 g/mol. The Balaban J connectivity index is 1.79. The molecule has 0 unspecified atom stereocenters. The Kier molecular flexibility index (Phi) is 6.31. The third-order valence-corrected chi connectivity index (χ3v) is 4.67. The molecule has 0 spiro atoms. The summed E-state index contributed by atoms with van der Waals surface area (Å²) in [6.07, 6.45) is 0. The number of carbonyl (C=O) groups excluding carboxylic acids is 1. The van der Waals surface area contributed by atoms with Gasteiger partial charge in [-0.25, -0.2) is 0 Å². The van der Waals surface area contributed by atoms with Gasteiger partial charge >= 0.3 is 0 Å². The Morgan fingerprint density at radius 3 is 2.63 bits per heavy atom. The number of methoxy groups -OCH3 is 2. The lowest BCUT2D eigenvalue weighted by Gasteiger charge is -2.35. The van der Waals surface area contributed by atoms with E-state index in [2.05, 4.69) is 20.4 Å². The Morgan fingerprint density at radius 2 is 2.00 bits per heavy atom. The van der Waals surface area contributed by atoms with Gasteiger partial charge < -0.3 is 19.5 Å². The Hall–Kier alpha value is -2.58. The second-order valence-corrected chi connectivity index (χ2v) is 6.42. The highest BCUT2D eigenvalue weighted by atomic mass is 16.5. The number of aromatic nitrogens is 2. The van der Waals surface area contributed by atoms with E-state index in [0.29, 0.717) is 37.0 Å². The van der Waals surface area contributed by atoms with Crippen molar-refractivity contribution in [3.8, 4) is 11.5 Å². The second kappa shape index (κ2) is 8.88. The molecule has 0 aliphatic carbocycles. The van der Waals surface area contributed by atoms with Crippen LogP contribution in [-0.2, 0) is 4.74 Å². The van der Waals surface area contributed by atoms with Gasteiger partial charge in [0.05, 0.1) is 33.5 Å². The van der Waals surface area contributed by atoms with E-state index in [9.17, 15) is 4.79 Å². The van der Waals surface area contributed by atoms with Crippen molar-refractivity contribution in [2.45, 2.75) is 13.0 Å². The fourth-order valence-electron chi connectivity index (χ4n) is 3.22. The van der Waals surface area contributed by atoms with Crippen molar-refractivity contribution in [1.82, 2.24) is 20.4 Å². The third-order valence-electron chi connectivity index (χ3n) is 4.67. The van der Waals surface area contributed by atoms with Gasteiger partial charge in [0, 0.05) is 25.3 Å². The first-order chi connectivity index (χ1) is 13.1. The number of nitrogens with one attached hydrogen (secondary N) is 2. The molecule has 3 rings (SSSR count). The summed E-state index contributed by atoms with van der Waals surface area (Å²) >= 11 is 0. The Bertz CT molecular complexity index is 771. The molecule has 2 heterocycles. The van der Waals surface area contributed by atoms with E-state index in [0.717, 1.165) is 24.3 Å². The molecule has 8 nitrogen and oxygen atoms in total. The summed E-state index contributed by atoms with van der Waals surface area (Å²) in [5.74, 6) is 1.15. The van der Waals surface area contributed by atoms with Crippen molar-refractivity contribution < 1.29 is 19.0 Å². The number of ether oxygens (including phenoxy) is 3. The molecule has 0 bridgehead atoms. The molecule has 27 heavy (non-hydrogen) atoms. The van der Waals surface area contributed by atoms with Crippen LogP contribution in [0.3, 0.4) is 0 Å². The number of rotatable bonds is 7.